The Kier molecular flexibility index (Phi) is 8.46. The van der Waals surface area contributed by atoms with E-state index in [-0.39, 0.29) is 6.67 Å². The van der Waals surface area contributed by atoms with Crippen LogP contribution >= 0.6 is 0 Å². The summed E-state index contributed by atoms with van der Waals surface area (Å²) in [6.07, 6.45) is 2.87. The number of methoxy groups -OCH3 is 1. The van der Waals surface area contributed by atoms with Gasteiger partial charge >= 0.3 is 0 Å². The average molecular weight is 271 g/mol. The minimum Gasteiger partial charge on any atom is -0.469 e. The van der Waals surface area contributed by atoms with Crippen LogP contribution in [0.2, 0.25) is 0 Å². The lowest BCUT2D eigenvalue weighted by molar-refractivity contribution is 0.203. The van der Waals surface area contributed by atoms with Gasteiger partial charge in [0.1, 0.15) is 5.76 Å². The number of rotatable bonds is 9. The summed E-state index contributed by atoms with van der Waals surface area (Å²) in [5.41, 5.74) is 0. The highest BCUT2D eigenvalue weighted by Crippen LogP contribution is 1.99. The Balaban J connectivity index is 2.28. The minimum absolute atomic E-state index is 0.346. The molecule has 108 valence electrons. The third-order valence-corrected chi connectivity index (χ3v) is 2.40. The number of hydrogen-bond donors (Lipinski definition) is 2. The van der Waals surface area contributed by atoms with E-state index in [1.54, 1.807) is 13.4 Å². The topological polar surface area (TPSA) is 58.8 Å². The molecule has 19 heavy (non-hydrogen) atoms. The normalized spacial score (nSPS) is 11.6. The summed E-state index contributed by atoms with van der Waals surface area (Å²) in [7, 11) is 1.64. The van der Waals surface area contributed by atoms with Gasteiger partial charge in [0.15, 0.2) is 5.96 Å². The number of aliphatic imine (C=N–C) groups is 1. The Morgan fingerprint density at radius 3 is 2.95 bits per heavy atom. The van der Waals surface area contributed by atoms with Crippen molar-refractivity contribution in [2.45, 2.75) is 12.8 Å². The van der Waals surface area contributed by atoms with Gasteiger partial charge in [0.05, 0.1) is 19.5 Å². The highest BCUT2D eigenvalue weighted by molar-refractivity contribution is 5.79. The minimum atomic E-state index is -0.346. The molecule has 0 spiro atoms. The van der Waals surface area contributed by atoms with Gasteiger partial charge in [-0.15, -0.1) is 0 Å². The lowest BCUT2D eigenvalue weighted by Crippen LogP contribution is -2.40. The Morgan fingerprint density at radius 1 is 1.42 bits per heavy atom. The molecule has 0 atom stereocenters. The van der Waals surface area contributed by atoms with Crippen molar-refractivity contribution in [3.8, 4) is 0 Å². The van der Waals surface area contributed by atoms with Crippen LogP contribution in [0, 0.1) is 0 Å². The second kappa shape index (κ2) is 10.4. The first-order valence-corrected chi connectivity index (χ1v) is 6.46. The molecule has 0 aliphatic rings. The van der Waals surface area contributed by atoms with E-state index < -0.39 is 0 Å². The SMILES string of the molecule is COCCNC(=NCCCF)NCCc1ccco1. The van der Waals surface area contributed by atoms with Crippen LogP contribution in [0.4, 0.5) is 4.39 Å². The predicted octanol–water partition coefficient (Wildman–Crippen LogP) is 1.36. The monoisotopic (exact) mass is 271 g/mol. The molecule has 0 aromatic carbocycles. The Labute approximate surface area is 113 Å². The predicted molar refractivity (Wildman–Crippen MR) is 73.2 cm³/mol. The van der Waals surface area contributed by atoms with Crippen molar-refractivity contribution in [2.75, 3.05) is 40.0 Å². The van der Waals surface area contributed by atoms with Gasteiger partial charge in [-0.3, -0.25) is 9.38 Å². The number of halogens is 1. The summed E-state index contributed by atoms with van der Waals surface area (Å²) in [6, 6.07) is 3.79. The van der Waals surface area contributed by atoms with E-state index in [0.29, 0.717) is 38.6 Å². The standard InChI is InChI=1S/C13H22FN3O2/c1-18-11-9-17-13(15-7-3-6-14)16-8-5-12-4-2-10-19-12/h2,4,10H,3,5-9,11H2,1H3,(H2,15,16,17). The zero-order chi connectivity index (χ0) is 13.8. The van der Waals surface area contributed by atoms with E-state index in [9.17, 15) is 4.39 Å². The summed E-state index contributed by atoms with van der Waals surface area (Å²) in [6.45, 7) is 2.10. The average Bonchev–Trinajstić information content (AvgIpc) is 2.92. The lowest BCUT2D eigenvalue weighted by atomic mass is 10.3. The number of ether oxygens (including phenoxy) is 1. The van der Waals surface area contributed by atoms with Crippen molar-refractivity contribution in [3.63, 3.8) is 0 Å². The molecule has 0 unspecified atom stereocenters. The Hall–Kier alpha value is -1.56. The smallest absolute Gasteiger partial charge is 0.191 e. The fraction of sp³-hybridized carbons (Fsp3) is 0.615. The van der Waals surface area contributed by atoms with Gasteiger partial charge in [-0.2, -0.15) is 0 Å². The fourth-order valence-corrected chi connectivity index (χ4v) is 1.46. The van der Waals surface area contributed by atoms with Gasteiger partial charge in [-0.1, -0.05) is 0 Å². The summed E-state index contributed by atoms with van der Waals surface area (Å²) < 4.78 is 22.2. The molecule has 0 bridgehead atoms. The number of nitrogens with one attached hydrogen (secondary N) is 2. The number of nitrogens with zero attached hydrogens (tertiary/aromatic N) is 1. The van der Waals surface area contributed by atoms with E-state index in [2.05, 4.69) is 15.6 Å². The molecule has 1 heterocycles. The third-order valence-electron chi connectivity index (χ3n) is 2.40. The summed E-state index contributed by atoms with van der Waals surface area (Å²) >= 11 is 0. The molecule has 0 aliphatic carbocycles. The first-order chi connectivity index (χ1) is 9.36. The molecule has 6 heteroatoms. The largest absolute Gasteiger partial charge is 0.469 e. The molecule has 2 N–H and O–H groups in total. The number of furan rings is 1. The van der Waals surface area contributed by atoms with Crippen molar-refractivity contribution in [1.29, 1.82) is 0 Å². The van der Waals surface area contributed by atoms with Gasteiger partial charge < -0.3 is 19.8 Å². The maximum atomic E-state index is 12.0. The van der Waals surface area contributed by atoms with Crippen LogP contribution < -0.4 is 10.6 Å². The molecule has 1 aromatic rings. The van der Waals surface area contributed by atoms with Crippen LogP contribution in [0.5, 0.6) is 0 Å². The van der Waals surface area contributed by atoms with E-state index >= 15 is 0 Å². The molecule has 1 aromatic heterocycles. The quantitative estimate of drug-likeness (QED) is 0.404. The molecule has 0 aliphatic heterocycles. The summed E-state index contributed by atoms with van der Waals surface area (Å²) in [5.74, 6) is 1.60. The van der Waals surface area contributed by atoms with Gasteiger partial charge in [0.2, 0.25) is 0 Å². The molecule has 1 rings (SSSR count). The second-order valence-corrected chi connectivity index (χ2v) is 3.95. The molecule has 0 saturated heterocycles. The summed E-state index contributed by atoms with van der Waals surface area (Å²) in [5, 5.41) is 6.30. The van der Waals surface area contributed by atoms with Crippen molar-refractivity contribution in [1.82, 2.24) is 10.6 Å². The van der Waals surface area contributed by atoms with E-state index in [1.807, 2.05) is 12.1 Å². The van der Waals surface area contributed by atoms with Gasteiger partial charge in [-0.05, 0) is 18.6 Å². The zero-order valence-corrected chi connectivity index (χ0v) is 11.3. The van der Waals surface area contributed by atoms with Gasteiger partial charge in [-0.25, -0.2) is 0 Å². The van der Waals surface area contributed by atoms with Crippen LogP contribution in [0.25, 0.3) is 0 Å². The van der Waals surface area contributed by atoms with Gasteiger partial charge in [0.25, 0.3) is 0 Å². The van der Waals surface area contributed by atoms with Gasteiger partial charge in [0, 0.05) is 33.2 Å². The summed E-state index contributed by atoms with van der Waals surface area (Å²) in [4.78, 5) is 4.27. The van der Waals surface area contributed by atoms with Crippen LogP contribution in [-0.4, -0.2) is 46.0 Å². The molecular weight excluding hydrogens is 249 g/mol. The maximum Gasteiger partial charge on any atom is 0.191 e. The number of alkyl halides is 1. The lowest BCUT2D eigenvalue weighted by Gasteiger charge is -2.11. The number of guanidine groups is 1. The molecular formula is C13H22FN3O2. The third kappa shape index (κ3) is 7.46. The van der Waals surface area contributed by atoms with E-state index in [0.717, 1.165) is 12.2 Å². The Morgan fingerprint density at radius 2 is 2.26 bits per heavy atom. The first kappa shape index (κ1) is 15.5. The second-order valence-electron chi connectivity index (χ2n) is 3.95. The van der Waals surface area contributed by atoms with Crippen LogP contribution in [0.15, 0.2) is 27.8 Å². The molecule has 0 saturated carbocycles. The van der Waals surface area contributed by atoms with Crippen molar-refractivity contribution >= 4 is 5.96 Å². The molecule has 0 radical (unpaired) electrons. The van der Waals surface area contributed by atoms with E-state index in [4.69, 9.17) is 9.15 Å². The zero-order valence-electron chi connectivity index (χ0n) is 11.3. The van der Waals surface area contributed by atoms with Crippen LogP contribution in [0.1, 0.15) is 12.2 Å². The van der Waals surface area contributed by atoms with Crippen LogP contribution in [0.3, 0.4) is 0 Å². The molecule has 5 nitrogen and oxygen atoms in total. The van der Waals surface area contributed by atoms with Crippen molar-refractivity contribution in [3.05, 3.63) is 24.2 Å². The maximum absolute atomic E-state index is 12.0. The molecule has 0 amide bonds. The fourth-order valence-electron chi connectivity index (χ4n) is 1.46. The highest BCUT2D eigenvalue weighted by Gasteiger charge is 1.99. The first-order valence-electron chi connectivity index (χ1n) is 6.46. The van der Waals surface area contributed by atoms with Crippen molar-refractivity contribution in [2.24, 2.45) is 4.99 Å². The molecule has 0 fully saturated rings. The van der Waals surface area contributed by atoms with Crippen LogP contribution in [-0.2, 0) is 11.2 Å². The van der Waals surface area contributed by atoms with Crippen molar-refractivity contribution < 1.29 is 13.5 Å². The Bertz CT molecular complexity index is 342. The highest BCUT2D eigenvalue weighted by atomic mass is 19.1. The number of hydrogen-bond acceptors (Lipinski definition) is 3. The van der Waals surface area contributed by atoms with E-state index in [1.165, 1.54) is 0 Å².